The van der Waals surface area contributed by atoms with Gasteiger partial charge in [-0.15, -0.1) is 5.10 Å². The first-order valence-electron chi connectivity index (χ1n) is 6.22. The Kier molecular flexibility index (Phi) is 4.11. The van der Waals surface area contributed by atoms with Crippen LogP contribution in [-0.4, -0.2) is 32.6 Å². The number of rotatable bonds is 4. The van der Waals surface area contributed by atoms with E-state index >= 15 is 0 Å². The molecule has 0 radical (unpaired) electrons. The van der Waals surface area contributed by atoms with Crippen molar-refractivity contribution in [3.63, 3.8) is 0 Å². The van der Waals surface area contributed by atoms with Crippen LogP contribution in [0.5, 0.6) is 0 Å². The number of aromatic nitrogens is 3. The van der Waals surface area contributed by atoms with Crippen molar-refractivity contribution in [2.24, 2.45) is 0 Å². The molecule has 0 aliphatic heterocycles. The molecule has 0 N–H and O–H groups in total. The Bertz CT molecular complexity index is 629. The van der Waals surface area contributed by atoms with Crippen LogP contribution in [0.1, 0.15) is 24.4 Å². The molecule has 1 aromatic heterocycles. The monoisotopic (exact) mass is 269 g/mol. The van der Waals surface area contributed by atoms with Gasteiger partial charge in [0.2, 0.25) is 5.91 Å². The van der Waals surface area contributed by atoms with E-state index in [2.05, 4.69) is 10.1 Å². The molecule has 20 heavy (non-hydrogen) atoms. The van der Waals surface area contributed by atoms with Crippen LogP contribution in [0.25, 0.3) is 0 Å². The van der Waals surface area contributed by atoms with Gasteiger partial charge in [0.05, 0.1) is 6.04 Å². The molecule has 0 aliphatic rings. The normalized spacial score (nSPS) is 11.7. The number of likely N-dealkylation sites (N-methyl/N-ethyl adjacent to an activating group) is 1. The molecule has 1 aromatic carbocycles. The average Bonchev–Trinajstić information content (AvgIpc) is 2.94. The maximum atomic E-state index is 12.2. The highest BCUT2D eigenvalue weighted by atomic mass is 16.2. The summed E-state index contributed by atoms with van der Waals surface area (Å²) in [4.78, 5) is 17.6. The van der Waals surface area contributed by atoms with Gasteiger partial charge in [0.1, 0.15) is 18.9 Å². The number of nitrogens with zero attached hydrogens (tertiary/aromatic N) is 5. The lowest BCUT2D eigenvalue weighted by atomic mass is 10.1. The molecule has 6 heteroatoms. The van der Waals surface area contributed by atoms with E-state index in [0.717, 1.165) is 5.56 Å². The van der Waals surface area contributed by atoms with E-state index in [1.807, 2.05) is 43.3 Å². The largest absolute Gasteiger partial charge is 0.337 e. The third-order valence-corrected chi connectivity index (χ3v) is 3.19. The molecule has 102 valence electrons. The highest BCUT2D eigenvalue weighted by Crippen LogP contribution is 2.18. The second-order valence-corrected chi connectivity index (χ2v) is 4.47. The number of carbonyl (C=O) groups excluding carboxylic acids is 1. The van der Waals surface area contributed by atoms with Crippen molar-refractivity contribution in [1.29, 1.82) is 5.26 Å². The Hall–Kier alpha value is -2.68. The van der Waals surface area contributed by atoms with E-state index in [9.17, 15) is 4.79 Å². The summed E-state index contributed by atoms with van der Waals surface area (Å²) in [5.41, 5.74) is 1.07. The van der Waals surface area contributed by atoms with Crippen molar-refractivity contribution in [3.8, 4) is 6.07 Å². The third kappa shape index (κ3) is 3.01. The van der Waals surface area contributed by atoms with Crippen LogP contribution in [0, 0.1) is 11.3 Å². The van der Waals surface area contributed by atoms with Crippen LogP contribution in [0.15, 0.2) is 36.7 Å². The Labute approximate surface area is 117 Å². The number of amides is 1. The van der Waals surface area contributed by atoms with E-state index in [0.29, 0.717) is 0 Å². The molecule has 1 heterocycles. The first-order valence-corrected chi connectivity index (χ1v) is 6.22. The molecule has 0 saturated carbocycles. The predicted octanol–water partition coefficient (Wildman–Crippen LogP) is 1.37. The van der Waals surface area contributed by atoms with E-state index in [-0.39, 0.29) is 24.3 Å². The second-order valence-electron chi connectivity index (χ2n) is 4.47. The average molecular weight is 269 g/mol. The van der Waals surface area contributed by atoms with Crippen LogP contribution in [0.4, 0.5) is 0 Å². The number of benzene rings is 1. The summed E-state index contributed by atoms with van der Waals surface area (Å²) in [5, 5.41) is 12.5. The summed E-state index contributed by atoms with van der Waals surface area (Å²) in [5.74, 6) is -0.0210. The van der Waals surface area contributed by atoms with Crippen molar-refractivity contribution < 1.29 is 4.79 Å². The van der Waals surface area contributed by atoms with Crippen LogP contribution < -0.4 is 0 Å². The summed E-state index contributed by atoms with van der Waals surface area (Å²) in [6, 6.07) is 11.6. The van der Waals surface area contributed by atoms with Crippen molar-refractivity contribution in [2.45, 2.75) is 19.5 Å². The Morgan fingerprint density at radius 2 is 2.15 bits per heavy atom. The van der Waals surface area contributed by atoms with Gasteiger partial charge in [0.15, 0.2) is 0 Å². The van der Waals surface area contributed by atoms with Gasteiger partial charge in [-0.3, -0.25) is 4.79 Å². The molecule has 6 nitrogen and oxygen atoms in total. The van der Waals surface area contributed by atoms with Crippen LogP contribution in [0.2, 0.25) is 0 Å². The molecule has 0 aliphatic carbocycles. The minimum absolute atomic E-state index is 0.0253. The van der Waals surface area contributed by atoms with Gasteiger partial charge in [0, 0.05) is 7.05 Å². The maximum Gasteiger partial charge on any atom is 0.252 e. The smallest absolute Gasteiger partial charge is 0.252 e. The zero-order valence-corrected chi connectivity index (χ0v) is 11.4. The fourth-order valence-electron chi connectivity index (χ4n) is 1.84. The second kappa shape index (κ2) is 5.97. The number of hydrogen-bond acceptors (Lipinski definition) is 4. The summed E-state index contributed by atoms with van der Waals surface area (Å²) in [7, 11) is 1.75. The molecule has 0 saturated heterocycles. The quantitative estimate of drug-likeness (QED) is 0.840. The Morgan fingerprint density at radius 1 is 1.45 bits per heavy atom. The van der Waals surface area contributed by atoms with Crippen LogP contribution >= 0.6 is 0 Å². The zero-order valence-electron chi connectivity index (χ0n) is 11.4. The molecule has 0 spiro atoms. The zero-order chi connectivity index (χ0) is 14.5. The molecule has 2 rings (SSSR count). The standard InChI is InChI=1S/C14H15N5O/c1-11(12-6-4-3-5-7-12)18(2)14(20)9-19-10-16-13(8-15)17-19/h3-7,10-11H,9H2,1-2H3/t11-/m0/s1. The molecule has 1 atom stereocenters. The Morgan fingerprint density at radius 3 is 2.75 bits per heavy atom. The highest BCUT2D eigenvalue weighted by Gasteiger charge is 2.17. The van der Waals surface area contributed by atoms with Gasteiger partial charge in [0.25, 0.3) is 5.82 Å². The van der Waals surface area contributed by atoms with E-state index < -0.39 is 0 Å². The third-order valence-electron chi connectivity index (χ3n) is 3.19. The highest BCUT2D eigenvalue weighted by molar-refractivity contribution is 5.76. The lowest BCUT2D eigenvalue weighted by Crippen LogP contribution is -2.32. The lowest BCUT2D eigenvalue weighted by molar-refractivity contribution is -0.132. The first kappa shape index (κ1) is 13.7. The molecule has 0 fully saturated rings. The SMILES string of the molecule is C[C@@H](c1ccccc1)N(C)C(=O)Cn1cnc(C#N)n1. The van der Waals surface area contributed by atoms with Crippen LogP contribution in [0.3, 0.4) is 0 Å². The first-order chi connectivity index (χ1) is 9.61. The molecule has 2 aromatic rings. The van der Waals surface area contributed by atoms with E-state index in [1.54, 1.807) is 11.9 Å². The number of hydrogen-bond donors (Lipinski definition) is 0. The maximum absolute atomic E-state index is 12.2. The topological polar surface area (TPSA) is 74.8 Å². The summed E-state index contributed by atoms with van der Waals surface area (Å²) in [6.45, 7) is 2.04. The van der Waals surface area contributed by atoms with Gasteiger partial charge in [-0.05, 0) is 12.5 Å². The summed E-state index contributed by atoms with van der Waals surface area (Å²) in [6.07, 6.45) is 1.39. The van der Waals surface area contributed by atoms with Gasteiger partial charge in [-0.25, -0.2) is 9.67 Å². The van der Waals surface area contributed by atoms with Gasteiger partial charge >= 0.3 is 0 Å². The van der Waals surface area contributed by atoms with Gasteiger partial charge in [-0.1, -0.05) is 30.3 Å². The van der Waals surface area contributed by atoms with Crippen molar-refractivity contribution in [2.75, 3.05) is 7.05 Å². The molecule has 1 amide bonds. The molecule has 0 unspecified atom stereocenters. The van der Waals surface area contributed by atoms with E-state index in [1.165, 1.54) is 11.0 Å². The minimum Gasteiger partial charge on any atom is -0.337 e. The van der Waals surface area contributed by atoms with Gasteiger partial charge < -0.3 is 4.90 Å². The molecule has 0 bridgehead atoms. The van der Waals surface area contributed by atoms with Gasteiger partial charge in [-0.2, -0.15) is 5.26 Å². The molecular formula is C14H15N5O. The minimum atomic E-state index is -0.0873. The Balaban J connectivity index is 2.03. The van der Waals surface area contributed by atoms with Crippen molar-refractivity contribution in [1.82, 2.24) is 19.7 Å². The fraction of sp³-hybridized carbons (Fsp3) is 0.286. The fourth-order valence-corrected chi connectivity index (χ4v) is 1.84. The van der Waals surface area contributed by atoms with Crippen molar-refractivity contribution >= 4 is 5.91 Å². The van der Waals surface area contributed by atoms with Crippen molar-refractivity contribution in [3.05, 3.63) is 48.0 Å². The van der Waals surface area contributed by atoms with Crippen LogP contribution in [-0.2, 0) is 11.3 Å². The predicted molar refractivity (Wildman–Crippen MR) is 72.4 cm³/mol. The van der Waals surface area contributed by atoms with E-state index in [4.69, 9.17) is 5.26 Å². The number of carbonyl (C=O) groups is 1. The summed E-state index contributed by atoms with van der Waals surface area (Å²) < 4.78 is 1.37. The summed E-state index contributed by atoms with van der Waals surface area (Å²) >= 11 is 0. The molecular weight excluding hydrogens is 254 g/mol. The number of nitriles is 1. The lowest BCUT2D eigenvalue weighted by Gasteiger charge is -2.25.